The summed E-state index contributed by atoms with van der Waals surface area (Å²) in [6.07, 6.45) is 0. The van der Waals surface area contributed by atoms with E-state index in [0.29, 0.717) is 5.69 Å². The van der Waals surface area contributed by atoms with Crippen LogP contribution in [0.15, 0.2) is 18.2 Å². The second kappa shape index (κ2) is 4.98. The molecule has 2 unspecified atom stereocenters. The highest BCUT2D eigenvalue weighted by atomic mass is 19.1. The van der Waals surface area contributed by atoms with Crippen molar-refractivity contribution in [3.05, 3.63) is 24.0 Å². The highest BCUT2D eigenvalue weighted by Crippen LogP contribution is 2.23. The van der Waals surface area contributed by atoms with Gasteiger partial charge in [-0.3, -0.25) is 0 Å². The monoisotopic (exact) mass is 212 g/mol. The Kier molecular flexibility index (Phi) is 3.91. The van der Waals surface area contributed by atoms with Gasteiger partial charge in [0.05, 0.1) is 11.4 Å². The summed E-state index contributed by atoms with van der Waals surface area (Å²) in [5.74, 6) is -0.337. The summed E-state index contributed by atoms with van der Waals surface area (Å²) in [5, 5.41) is 12.0. The Hall–Kier alpha value is -1.29. The molecule has 0 radical (unpaired) electrons. The molecule has 0 saturated heterocycles. The van der Waals surface area contributed by atoms with Crippen molar-refractivity contribution < 1.29 is 9.50 Å². The molecule has 0 fully saturated rings. The van der Waals surface area contributed by atoms with Crippen LogP contribution in [0.3, 0.4) is 0 Å². The summed E-state index contributed by atoms with van der Waals surface area (Å²) in [5.41, 5.74) is 6.26. The number of hydrogen-bond donors (Lipinski definition) is 3. The lowest BCUT2D eigenvalue weighted by Gasteiger charge is -2.21. The van der Waals surface area contributed by atoms with Crippen LogP contribution in [0.2, 0.25) is 0 Å². The van der Waals surface area contributed by atoms with Crippen molar-refractivity contribution in [2.45, 2.75) is 19.9 Å². The largest absolute Gasteiger partial charge is 0.396 e. The van der Waals surface area contributed by atoms with Gasteiger partial charge in [-0.1, -0.05) is 13.0 Å². The molecule has 15 heavy (non-hydrogen) atoms. The van der Waals surface area contributed by atoms with Gasteiger partial charge in [-0.25, -0.2) is 4.39 Å². The number of aliphatic hydroxyl groups is 1. The number of nitrogen functional groups attached to an aromatic ring is 1. The van der Waals surface area contributed by atoms with Crippen molar-refractivity contribution in [3.63, 3.8) is 0 Å². The molecule has 1 aromatic carbocycles. The first-order chi connectivity index (χ1) is 7.06. The molecule has 0 spiro atoms. The smallest absolute Gasteiger partial charge is 0.148 e. The van der Waals surface area contributed by atoms with Crippen LogP contribution in [-0.4, -0.2) is 17.8 Å². The molecule has 0 bridgehead atoms. The molecule has 1 aromatic rings. The van der Waals surface area contributed by atoms with E-state index in [1.165, 1.54) is 6.07 Å². The van der Waals surface area contributed by atoms with E-state index in [1.54, 1.807) is 12.1 Å². The molecule has 4 N–H and O–H groups in total. The normalized spacial score (nSPS) is 14.7. The Bertz CT molecular complexity index is 330. The van der Waals surface area contributed by atoms with Gasteiger partial charge in [-0.05, 0) is 25.0 Å². The lowest BCUT2D eigenvalue weighted by molar-refractivity contribution is 0.226. The number of para-hydroxylation sites is 1. The van der Waals surface area contributed by atoms with Crippen molar-refractivity contribution in [3.8, 4) is 0 Å². The number of benzene rings is 1. The molecule has 0 aliphatic carbocycles. The maximum absolute atomic E-state index is 13.1. The minimum absolute atomic E-state index is 0.0408. The fourth-order valence-corrected chi connectivity index (χ4v) is 1.21. The highest BCUT2D eigenvalue weighted by molar-refractivity contribution is 5.66. The number of anilines is 2. The number of rotatable bonds is 4. The average Bonchev–Trinajstić information content (AvgIpc) is 2.23. The second-order valence-corrected chi connectivity index (χ2v) is 3.79. The van der Waals surface area contributed by atoms with Crippen LogP contribution < -0.4 is 11.1 Å². The maximum Gasteiger partial charge on any atom is 0.148 e. The van der Waals surface area contributed by atoms with Gasteiger partial charge < -0.3 is 16.2 Å². The molecule has 0 amide bonds. The topological polar surface area (TPSA) is 58.3 Å². The first kappa shape index (κ1) is 11.8. The summed E-state index contributed by atoms with van der Waals surface area (Å²) < 4.78 is 13.1. The van der Waals surface area contributed by atoms with Gasteiger partial charge in [-0.15, -0.1) is 0 Å². The third-order valence-electron chi connectivity index (χ3n) is 2.58. The highest BCUT2D eigenvalue weighted by Gasteiger charge is 2.12. The van der Waals surface area contributed by atoms with Gasteiger partial charge in [0.15, 0.2) is 0 Å². The number of aliphatic hydroxyl groups excluding tert-OH is 1. The van der Waals surface area contributed by atoms with Gasteiger partial charge in [0, 0.05) is 12.6 Å². The van der Waals surface area contributed by atoms with Crippen molar-refractivity contribution in [1.82, 2.24) is 0 Å². The Labute approximate surface area is 89.1 Å². The van der Waals surface area contributed by atoms with E-state index >= 15 is 0 Å². The van der Waals surface area contributed by atoms with E-state index in [9.17, 15) is 4.39 Å². The molecule has 0 aliphatic heterocycles. The quantitative estimate of drug-likeness (QED) is 0.667. The van der Waals surface area contributed by atoms with Gasteiger partial charge >= 0.3 is 0 Å². The molecule has 4 heteroatoms. The summed E-state index contributed by atoms with van der Waals surface area (Å²) >= 11 is 0. The lowest BCUT2D eigenvalue weighted by atomic mass is 10.0. The Balaban J connectivity index is 2.76. The zero-order chi connectivity index (χ0) is 11.4. The zero-order valence-electron chi connectivity index (χ0n) is 9.00. The average molecular weight is 212 g/mol. The van der Waals surface area contributed by atoms with E-state index in [2.05, 4.69) is 5.32 Å². The maximum atomic E-state index is 13.1. The minimum Gasteiger partial charge on any atom is -0.396 e. The van der Waals surface area contributed by atoms with E-state index < -0.39 is 5.82 Å². The first-order valence-electron chi connectivity index (χ1n) is 4.97. The van der Waals surface area contributed by atoms with Crippen LogP contribution in [0.1, 0.15) is 13.8 Å². The van der Waals surface area contributed by atoms with Crippen LogP contribution in [0.5, 0.6) is 0 Å². The van der Waals surface area contributed by atoms with Crippen LogP contribution >= 0.6 is 0 Å². The molecule has 3 nitrogen and oxygen atoms in total. The summed E-state index contributed by atoms with van der Waals surface area (Å²) in [4.78, 5) is 0. The predicted molar refractivity (Wildman–Crippen MR) is 60.1 cm³/mol. The van der Waals surface area contributed by atoms with Crippen molar-refractivity contribution >= 4 is 11.4 Å². The molecule has 0 heterocycles. The van der Waals surface area contributed by atoms with Gasteiger partial charge in [0.25, 0.3) is 0 Å². The van der Waals surface area contributed by atoms with E-state index in [4.69, 9.17) is 10.8 Å². The van der Waals surface area contributed by atoms with Crippen LogP contribution in [-0.2, 0) is 0 Å². The fraction of sp³-hybridized carbons (Fsp3) is 0.455. The molecule has 0 saturated carbocycles. The first-order valence-corrected chi connectivity index (χ1v) is 4.97. The number of halogens is 1. The Morgan fingerprint density at radius 3 is 2.73 bits per heavy atom. The molecule has 0 aromatic heterocycles. The standard InChI is InChI=1S/C11H17FN2O/c1-7(6-15)8(2)14-10-5-3-4-9(12)11(10)13/h3-5,7-8,14-15H,6,13H2,1-2H3. The Morgan fingerprint density at radius 1 is 1.47 bits per heavy atom. The van der Waals surface area contributed by atoms with Crippen molar-refractivity contribution in [2.75, 3.05) is 17.7 Å². The molecular weight excluding hydrogens is 195 g/mol. The fourth-order valence-electron chi connectivity index (χ4n) is 1.21. The molecular formula is C11H17FN2O. The third-order valence-corrected chi connectivity index (χ3v) is 2.58. The van der Waals surface area contributed by atoms with E-state index in [1.807, 2.05) is 13.8 Å². The van der Waals surface area contributed by atoms with Crippen molar-refractivity contribution in [2.24, 2.45) is 5.92 Å². The van der Waals surface area contributed by atoms with Crippen LogP contribution in [0.25, 0.3) is 0 Å². The third kappa shape index (κ3) is 2.83. The summed E-state index contributed by atoms with van der Waals surface area (Å²) in [7, 11) is 0. The van der Waals surface area contributed by atoms with Gasteiger partial charge in [0.1, 0.15) is 5.82 Å². The molecule has 0 aliphatic rings. The van der Waals surface area contributed by atoms with Gasteiger partial charge in [-0.2, -0.15) is 0 Å². The summed E-state index contributed by atoms with van der Waals surface area (Å²) in [6.45, 7) is 3.92. The second-order valence-electron chi connectivity index (χ2n) is 3.79. The number of nitrogens with two attached hydrogens (primary N) is 1. The lowest BCUT2D eigenvalue weighted by Crippen LogP contribution is -2.26. The number of nitrogens with one attached hydrogen (secondary N) is 1. The summed E-state index contributed by atoms with van der Waals surface area (Å²) in [6, 6.07) is 4.68. The minimum atomic E-state index is -0.427. The van der Waals surface area contributed by atoms with E-state index in [0.717, 1.165) is 0 Å². The Morgan fingerprint density at radius 2 is 2.13 bits per heavy atom. The van der Waals surface area contributed by atoms with E-state index in [-0.39, 0.29) is 24.3 Å². The SMILES string of the molecule is CC(CO)C(C)Nc1cccc(F)c1N. The van der Waals surface area contributed by atoms with Crippen LogP contribution in [0.4, 0.5) is 15.8 Å². The van der Waals surface area contributed by atoms with Crippen LogP contribution in [0, 0.1) is 11.7 Å². The molecule has 1 rings (SSSR count). The zero-order valence-corrected chi connectivity index (χ0v) is 9.00. The molecule has 84 valence electrons. The predicted octanol–water partition coefficient (Wildman–Crippen LogP) is 1.84. The molecule has 2 atom stereocenters. The van der Waals surface area contributed by atoms with Crippen molar-refractivity contribution in [1.29, 1.82) is 0 Å². The van der Waals surface area contributed by atoms with Gasteiger partial charge in [0.2, 0.25) is 0 Å². The number of hydrogen-bond acceptors (Lipinski definition) is 3.